The third kappa shape index (κ3) is 3.04. The summed E-state index contributed by atoms with van der Waals surface area (Å²) in [4.78, 5) is 13.2. The van der Waals surface area contributed by atoms with Gasteiger partial charge in [0.1, 0.15) is 11.6 Å². The van der Waals surface area contributed by atoms with Gasteiger partial charge in [0.15, 0.2) is 0 Å². The maximum absolute atomic E-state index is 5.08. The number of aromatic nitrogens is 3. The van der Waals surface area contributed by atoms with E-state index in [9.17, 15) is 0 Å². The lowest BCUT2D eigenvalue weighted by Crippen LogP contribution is -2.07. The van der Waals surface area contributed by atoms with Crippen molar-refractivity contribution in [3.05, 3.63) is 29.7 Å². The van der Waals surface area contributed by atoms with Crippen LogP contribution >= 0.6 is 0 Å². The van der Waals surface area contributed by atoms with E-state index in [0.717, 1.165) is 41.4 Å². The molecule has 0 saturated heterocycles. The van der Waals surface area contributed by atoms with Crippen LogP contribution in [-0.4, -0.2) is 28.6 Å². The molecule has 0 radical (unpaired) electrons. The lowest BCUT2D eigenvalue weighted by molar-refractivity contribution is 0.398. The van der Waals surface area contributed by atoms with Gasteiger partial charge in [0.25, 0.3) is 0 Å². The number of pyridine rings is 1. The Morgan fingerprint density at radius 2 is 2.00 bits per heavy atom. The van der Waals surface area contributed by atoms with Crippen LogP contribution in [0, 0.1) is 13.8 Å². The predicted molar refractivity (Wildman–Crippen MR) is 80.1 cm³/mol. The SMILES string of the molecule is CCCNc1nc(C)nc(-c2ccc(OC)nc2)c1C. The van der Waals surface area contributed by atoms with Crippen LogP contribution in [0.1, 0.15) is 24.7 Å². The van der Waals surface area contributed by atoms with E-state index in [4.69, 9.17) is 4.74 Å². The summed E-state index contributed by atoms with van der Waals surface area (Å²) in [6.07, 6.45) is 2.83. The fraction of sp³-hybridized carbons (Fsp3) is 0.400. The van der Waals surface area contributed by atoms with Crippen LogP contribution in [0.15, 0.2) is 18.3 Å². The molecule has 0 fully saturated rings. The number of hydrogen-bond acceptors (Lipinski definition) is 5. The van der Waals surface area contributed by atoms with Gasteiger partial charge in [-0.05, 0) is 26.3 Å². The highest BCUT2D eigenvalue weighted by molar-refractivity contribution is 5.67. The van der Waals surface area contributed by atoms with Gasteiger partial charge in [-0.1, -0.05) is 6.92 Å². The summed E-state index contributed by atoms with van der Waals surface area (Å²) in [5.74, 6) is 2.24. The Hall–Kier alpha value is -2.17. The van der Waals surface area contributed by atoms with Crippen LogP contribution in [0.5, 0.6) is 5.88 Å². The first-order chi connectivity index (χ1) is 9.65. The molecule has 5 heteroatoms. The third-order valence-electron chi connectivity index (χ3n) is 3.02. The molecule has 2 heterocycles. The van der Waals surface area contributed by atoms with E-state index >= 15 is 0 Å². The molecule has 0 unspecified atom stereocenters. The number of methoxy groups -OCH3 is 1. The van der Waals surface area contributed by atoms with Crippen molar-refractivity contribution >= 4 is 5.82 Å². The second-order valence-corrected chi connectivity index (χ2v) is 4.61. The Balaban J connectivity index is 2.41. The van der Waals surface area contributed by atoms with Crippen LogP contribution in [0.3, 0.4) is 0 Å². The van der Waals surface area contributed by atoms with Gasteiger partial charge < -0.3 is 10.1 Å². The van der Waals surface area contributed by atoms with Crippen molar-refractivity contribution in [1.29, 1.82) is 0 Å². The summed E-state index contributed by atoms with van der Waals surface area (Å²) >= 11 is 0. The van der Waals surface area contributed by atoms with Gasteiger partial charge in [-0.3, -0.25) is 0 Å². The Kier molecular flexibility index (Phi) is 4.50. The fourth-order valence-corrected chi connectivity index (χ4v) is 1.97. The van der Waals surface area contributed by atoms with Crippen LogP contribution in [0.4, 0.5) is 5.82 Å². The van der Waals surface area contributed by atoms with Crippen LogP contribution < -0.4 is 10.1 Å². The molecule has 0 aliphatic carbocycles. The molecule has 2 aromatic heterocycles. The molecule has 0 aliphatic rings. The quantitative estimate of drug-likeness (QED) is 0.906. The molecule has 20 heavy (non-hydrogen) atoms. The van der Waals surface area contributed by atoms with E-state index in [0.29, 0.717) is 5.88 Å². The van der Waals surface area contributed by atoms with Crippen molar-refractivity contribution in [3.8, 4) is 17.1 Å². The smallest absolute Gasteiger partial charge is 0.212 e. The summed E-state index contributed by atoms with van der Waals surface area (Å²) in [7, 11) is 1.61. The molecule has 0 amide bonds. The normalized spacial score (nSPS) is 10.4. The monoisotopic (exact) mass is 272 g/mol. The van der Waals surface area contributed by atoms with Gasteiger partial charge in [0, 0.05) is 29.9 Å². The Labute approximate surface area is 119 Å². The second kappa shape index (κ2) is 6.32. The summed E-state index contributed by atoms with van der Waals surface area (Å²) in [5, 5.41) is 3.34. The first-order valence-electron chi connectivity index (χ1n) is 6.75. The van der Waals surface area contributed by atoms with Crippen LogP contribution in [0.25, 0.3) is 11.3 Å². The summed E-state index contributed by atoms with van der Waals surface area (Å²) < 4.78 is 5.08. The van der Waals surface area contributed by atoms with Gasteiger partial charge in [-0.25, -0.2) is 15.0 Å². The van der Waals surface area contributed by atoms with Crippen molar-refractivity contribution in [2.24, 2.45) is 0 Å². The maximum Gasteiger partial charge on any atom is 0.212 e. The topological polar surface area (TPSA) is 59.9 Å². The molecule has 0 aromatic carbocycles. The highest BCUT2D eigenvalue weighted by atomic mass is 16.5. The minimum Gasteiger partial charge on any atom is -0.481 e. The summed E-state index contributed by atoms with van der Waals surface area (Å²) in [5.41, 5.74) is 2.91. The predicted octanol–water partition coefficient (Wildman–Crippen LogP) is 2.99. The van der Waals surface area contributed by atoms with E-state index in [1.165, 1.54) is 0 Å². The molecule has 0 bridgehead atoms. The fourth-order valence-electron chi connectivity index (χ4n) is 1.97. The lowest BCUT2D eigenvalue weighted by Gasteiger charge is -2.12. The zero-order valence-electron chi connectivity index (χ0n) is 12.4. The number of nitrogens with zero attached hydrogens (tertiary/aromatic N) is 3. The minimum absolute atomic E-state index is 0.599. The number of ether oxygens (including phenoxy) is 1. The Morgan fingerprint density at radius 1 is 1.20 bits per heavy atom. The van der Waals surface area contributed by atoms with E-state index in [1.807, 2.05) is 26.0 Å². The highest BCUT2D eigenvalue weighted by Crippen LogP contribution is 2.26. The number of hydrogen-bond donors (Lipinski definition) is 1. The van der Waals surface area contributed by atoms with E-state index in [2.05, 4.69) is 27.2 Å². The van der Waals surface area contributed by atoms with Crippen molar-refractivity contribution < 1.29 is 4.74 Å². The van der Waals surface area contributed by atoms with Gasteiger partial charge in [-0.2, -0.15) is 0 Å². The maximum atomic E-state index is 5.08. The molecule has 1 N–H and O–H groups in total. The number of rotatable bonds is 5. The Bertz CT molecular complexity index is 581. The average molecular weight is 272 g/mol. The van der Waals surface area contributed by atoms with Crippen molar-refractivity contribution in [3.63, 3.8) is 0 Å². The zero-order chi connectivity index (χ0) is 14.5. The van der Waals surface area contributed by atoms with Gasteiger partial charge in [0.2, 0.25) is 5.88 Å². The second-order valence-electron chi connectivity index (χ2n) is 4.61. The molecule has 2 rings (SSSR count). The summed E-state index contributed by atoms with van der Waals surface area (Å²) in [6.45, 7) is 6.95. The van der Waals surface area contributed by atoms with Gasteiger partial charge in [0.05, 0.1) is 12.8 Å². The summed E-state index contributed by atoms with van der Waals surface area (Å²) in [6, 6.07) is 3.80. The lowest BCUT2D eigenvalue weighted by atomic mass is 10.1. The molecule has 0 saturated carbocycles. The molecule has 106 valence electrons. The molecule has 2 aromatic rings. The largest absolute Gasteiger partial charge is 0.481 e. The third-order valence-corrected chi connectivity index (χ3v) is 3.02. The zero-order valence-corrected chi connectivity index (χ0v) is 12.4. The minimum atomic E-state index is 0.599. The highest BCUT2D eigenvalue weighted by Gasteiger charge is 2.11. The number of nitrogens with one attached hydrogen (secondary N) is 1. The standard InChI is InChI=1S/C15H20N4O/c1-5-8-16-15-10(2)14(18-11(3)19-15)12-6-7-13(20-4)17-9-12/h6-7,9H,5,8H2,1-4H3,(H,16,18,19). The van der Waals surface area contributed by atoms with Crippen LogP contribution in [0.2, 0.25) is 0 Å². The van der Waals surface area contributed by atoms with E-state index < -0.39 is 0 Å². The molecule has 0 atom stereocenters. The first-order valence-corrected chi connectivity index (χ1v) is 6.75. The molecule has 5 nitrogen and oxygen atoms in total. The first kappa shape index (κ1) is 14.2. The Morgan fingerprint density at radius 3 is 2.60 bits per heavy atom. The van der Waals surface area contributed by atoms with E-state index in [1.54, 1.807) is 13.3 Å². The van der Waals surface area contributed by atoms with Gasteiger partial charge >= 0.3 is 0 Å². The molecule has 0 aliphatic heterocycles. The van der Waals surface area contributed by atoms with E-state index in [-0.39, 0.29) is 0 Å². The number of aryl methyl sites for hydroxylation is 1. The van der Waals surface area contributed by atoms with Crippen molar-refractivity contribution in [2.45, 2.75) is 27.2 Å². The number of anilines is 1. The van der Waals surface area contributed by atoms with Gasteiger partial charge in [-0.15, -0.1) is 0 Å². The van der Waals surface area contributed by atoms with Crippen molar-refractivity contribution in [1.82, 2.24) is 15.0 Å². The molecular formula is C15H20N4O. The molecular weight excluding hydrogens is 252 g/mol. The van der Waals surface area contributed by atoms with Crippen LogP contribution in [-0.2, 0) is 0 Å². The molecule has 0 spiro atoms. The average Bonchev–Trinajstić information content (AvgIpc) is 2.48. The van der Waals surface area contributed by atoms with Crippen molar-refractivity contribution in [2.75, 3.05) is 19.0 Å².